The minimum absolute atomic E-state index is 0.00549. The molecule has 31 heavy (non-hydrogen) atoms. The number of nitrogens with zero attached hydrogens (tertiary/aromatic N) is 1. The van der Waals surface area contributed by atoms with Gasteiger partial charge in [0, 0.05) is 32.2 Å². The molecule has 0 bridgehead atoms. The number of carbonyl (C=O) groups excluding carboxylic acids is 3. The molecular formula is C20H29N3O7S. The zero-order chi connectivity index (χ0) is 23.2. The Hall–Kier alpha value is -2.50. The van der Waals surface area contributed by atoms with E-state index in [0.717, 1.165) is 0 Å². The van der Waals surface area contributed by atoms with Crippen molar-refractivity contribution in [3.63, 3.8) is 0 Å². The zero-order valence-electron chi connectivity index (χ0n) is 18.1. The number of rotatable bonds is 8. The van der Waals surface area contributed by atoms with E-state index in [0.29, 0.717) is 18.8 Å². The second-order valence-electron chi connectivity index (χ2n) is 7.49. The maximum Gasteiger partial charge on any atom is 0.307 e. The molecule has 0 aromatic heterocycles. The van der Waals surface area contributed by atoms with Gasteiger partial charge in [0.05, 0.1) is 23.5 Å². The maximum atomic E-state index is 12.5. The van der Waals surface area contributed by atoms with Crippen molar-refractivity contribution >= 4 is 33.5 Å². The van der Waals surface area contributed by atoms with Crippen LogP contribution in [0.4, 0.5) is 5.69 Å². The molecule has 0 radical (unpaired) electrons. The van der Waals surface area contributed by atoms with Crippen molar-refractivity contribution in [2.75, 3.05) is 25.0 Å². The molecule has 0 saturated carbocycles. The average Bonchev–Trinajstić information content (AvgIpc) is 2.66. The monoisotopic (exact) mass is 455 g/mol. The summed E-state index contributed by atoms with van der Waals surface area (Å²) in [5, 5.41) is 2.54. The summed E-state index contributed by atoms with van der Waals surface area (Å²) in [6.07, 6.45) is -1.39. The van der Waals surface area contributed by atoms with E-state index in [-0.39, 0.29) is 41.9 Å². The van der Waals surface area contributed by atoms with Crippen LogP contribution in [0.15, 0.2) is 29.2 Å². The molecule has 1 aliphatic heterocycles. The summed E-state index contributed by atoms with van der Waals surface area (Å²) in [6.45, 7) is 7.24. The second kappa shape index (κ2) is 10.7. The lowest BCUT2D eigenvalue weighted by Gasteiger charge is -2.36. The van der Waals surface area contributed by atoms with Crippen molar-refractivity contribution in [2.45, 2.75) is 57.3 Å². The van der Waals surface area contributed by atoms with Crippen LogP contribution in [-0.2, 0) is 33.9 Å². The number of sulfonamides is 1. The van der Waals surface area contributed by atoms with Crippen LogP contribution in [0, 0.1) is 0 Å². The fraction of sp³-hybridized carbons (Fsp3) is 0.550. The van der Waals surface area contributed by atoms with E-state index in [9.17, 15) is 22.8 Å². The third kappa shape index (κ3) is 7.60. The highest BCUT2D eigenvalue weighted by Crippen LogP contribution is 2.15. The molecule has 1 aliphatic rings. The highest BCUT2D eigenvalue weighted by molar-refractivity contribution is 7.89. The van der Waals surface area contributed by atoms with Gasteiger partial charge in [0.25, 0.3) is 5.91 Å². The first kappa shape index (κ1) is 24.8. The van der Waals surface area contributed by atoms with E-state index < -0.39 is 22.1 Å². The van der Waals surface area contributed by atoms with E-state index >= 15 is 0 Å². The Balaban J connectivity index is 1.81. The highest BCUT2D eigenvalue weighted by Gasteiger charge is 2.30. The average molecular weight is 456 g/mol. The predicted octanol–water partition coefficient (Wildman–Crippen LogP) is 0.881. The topological polar surface area (TPSA) is 131 Å². The molecule has 0 spiro atoms. The van der Waals surface area contributed by atoms with Gasteiger partial charge in [0.15, 0.2) is 6.10 Å². The van der Waals surface area contributed by atoms with Gasteiger partial charge < -0.3 is 19.7 Å². The lowest BCUT2D eigenvalue weighted by Crippen LogP contribution is -2.51. The lowest BCUT2D eigenvalue weighted by molar-refractivity contribution is -0.164. The van der Waals surface area contributed by atoms with Crippen molar-refractivity contribution < 1.29 is 32.3 Å². The van der Waals surface area contributed by atoms with Gasteiger partial charge in [-0.15, -0.1) is 0 Å². The summed E-state index contributed by atoms with van der Waals surface area (Å²) in [5.74, 6) is -1.26. The van der Waals surface area contributed by atoms with Crippen LogP contribution in [0.3, 0.4) is 0 Å². The van der Waals surface area contributed by atoms with E-state index in [1.165, 1.54) is 38.1 Å². The van der Waals surface area contributed by atoms with Gasteiger partial charge in [0.1, 0.15) is 0 Å². The molecule has 3 unspecified atom stereocenters. The molecule has 3 atom stereocenters. The van der Waals surface area contributed by atoms with Gasteiger partial charge in [0.2, 0.25) is 15.9 Å². The quantitative estimate of drug-likeness (QED) is 0.556. The van der Waals surface area contributed by atoms with Crippen molar-refractivity contribution in [2.24, 2.45) is 0 Å². The normalized spacial score (nSPS) is 20.1. The van der Waals surface area contributed by atoms with Crippen LogP contribution in [-0.4, -0.2) is 69.0 Å². The Bertz CT molecular complexity index is 892. The third-order valence-electron chi connectivity index (χ3n) is 4.49. The number of carbonyl (C=O) groups is 3. The van der Waals surface area contributed by atoms with Gasteiger partial charge in [-0.2, -0.15) is 0 Å². The van der Waals surface area contributed by atoms with Crippen molar-refractivity contribution in [1.29, 1.82) is 0 Å². The number of esters is 1. The molecule has 2 amide bonds. The standard InChI is InChI=1S/C20H29N3O7S/c1-13-11-23(12-14(2)29-13)20(26)15(3)30-19(25)9-10-21-31(27,28)18-7-5-17(6-8-18)22-16(4)24/h5-8,13-15,21H,9-12H2,1-4H3,(H,22,24). The Morgan fingerprint density at radius 2 is 1.74 bits per heavy atom. The minimum Gasteiger partial charge on any atom is -0.452 e. The fourth-order valence-electron chi connectivity index (χ4n) is 3.21. The van der Waals surface area contributed by atoms with Crippen molar-refractivity contribution in [1.82, 2.24) is 9.62 Å². The molecular weight excluding hydrogens is 426 g/mol. The SMILES string of the molecule is CC(=O)Nc1ccc(S(=O)(=O)NCCC(=O)OC(C)C(=O)N2CC(C)OC(C)C2)cc1. The highest BCUT2D eigenvalue weighted by atomic mass is 32.2. The molecule has 10 nitrogen and oxygen atoms in total. The van der Waals surface area contributed by atoms with Crippen LogP contribution < -0.4 is 10.0 Å². The number of nitrogens with one attached hydrogen (secondary N) is 2. The number of hydrogen-bond donors (Lipinski definition) is 2. The first-order chi connectivity index (χ1) is 14.5. The molecule has 2 rings (SSSR count). The molecule has 1 heterocycles. The third-order valence-corrected chi connectivity index (χ3v) is 5.97. The van der Waals surface area contributed by atoms with Crippen LogP contribution in [0.5, 0.6) is 0 Å². The molecule has 2 N–H and O–H groups in total. The predicted molar refractivity (Wildman–Crippen MR) is 113 cm³/mol. The smallest absolute Gasteiger partial charge is 0.307 e. The van der Waals surface area contributed by atoms with E-state index in [2.05, 4.69) is 10.0 Å². The second-order valence-corrected chi connectivity index (χ2v) is 9.25. The minimum atomic E-state index is -3.83. The van der Waals surface area contributed by atoms with Crippen LogP contribution >= 0.6 is 0 Å². The van der Waals surface area contributed by atoms with Gasteiger partial charge in [-0.3, -0.25) is 14.4 Å². The van der Waals surface area contributed by atoms with E-state index in [4.69, 9.17) is 9.47 Å². The maximum absolute atomic E-state index is 12.5. The summed E-state index contributed by atoms with van der Waals surface area (Å²) in [7, 11) is -3.83. The van der Waals surface area contributed by atoms with Gasteiger partial charge in [-0.05, 0) is 45.0 Å². The molecule has 172 valence electrons. The largest absolute Gasteiger partial charge is 0.452 e. The summed E-state index contributed by atoms with van der Waals surface area (Å²) in [6, 6.07) is 5.61. The van der Waals surface area contributed by atoms with E-state index in [1.807, 2.05) is 13.8 Å². The lowest BCUT2D eigenvalue weighted by atomic mass is 10.2. The molecule has 0 aliphatic carbocycles. The summed E-state index contributed by atoms with van der Waals surface area (Å²) in [5.41, 5.74) is 0.470. The molecule has 11 heteroatoms. The molecule has 1 aromatic rings. The van der Waals surface area contributed by atoms with Gasteiger partial charge in [-0.25, -0.2) is 13.1 Å². The summed E-state index contributed by atoms with van der Waals surface area (Å²) >= 11 is 0. The molecule has 1 saturated heterocycles. The van der Waals surface area contributed by atoms with Crippen molar-refractivity contribution in [3.05, 3.63) is 24.3 Å². The molecule has 1 aromatic carbocycles. The Labute approximate surface area is 182 Å². The van der Waals surface area contributed by atoms with E-state index in [1.54, 1.807) is 4.90 Å². The van der Waals surface area contributed by atoms with Crippen LogP contribution in [0.2, 0.25) is 0 Å². The van der Waals surface area contributed by atoms with Crippen LogP contribution in [0.1, 0.15) is 34.1 Å². The Morgan fingerprint density at radius 1 is 1.16 bits per heavy atom. The van der Waals surface area contributed by atoms with Gasteiger partial charge in [-0.1, -0.05) is 0 Å². The zero-order valence-corrected chi connectivity index (χ0v) is 18.9. The number of morpholine rings is 1. The Morgan fingerprint density at radius 3 is 2.29 bits per heavy atom. The number of hydrogen-bond acceptors (Lipinski definition) is 7. The number of benzene rings is 1. The Kier molecular flexibility index (Phi) is 8.54. The summed E-state index contributed by atoms with van der Waals surface area (Å²) < 4.78 is 37.7. The number of amides is 2. The van der Waals surface area contributed by atoms with Crippen molar-refractivity contribution in [3.8, 4) is 0 Å². The number of anilines is 1. The first-order valence-electron chi connectivity index (χ1n) is 9.99. The van der Waals surface area contributed by atoms with Crippen LogP contribution in [0.25, 0.3) is 0 Å². The summed E-state index contributed by atoms with van der Waals surface area (Å²) in [4.78, 5) is 37.2. The number of ether oxygens (including phenoxy) is 2. The molecule has 1 fully saturated rings. The fourth-order valence-corrected chi connectivity index (χ4v) is 4.24. The van der Waals surface area contributed by atoms with Gasteiger partial charge >= 0.3 is 5.97 Å². The first-order valence-corrected chi connectivity index (χ1v) is 11.5.